The molecule has 9 heteroatoms. The highest BCUT2D eigenvalue weighted by Crippen LogP contribution is 2.27. The van der Waals surface area contributed by atoms with Crippen LogP contribution in [0.15, 0.2) is 77.7 Å². The summed E-state index contributed by atoms with van der Waals surface area (Å²) in [6, 6.07) is 19.5. The number of hydrogen-bond donors (Lipinski definition) is 1. The van der Waals surface area contributed by atoms with Gasteiger partial charge in [-0.25, -0.2) is 8.42 Å². The number of anilines is 1. The third kappa shape index (κ3) is 7.61. The van der Waals surface area contributed by atoms with E-state index in [0.29, 0.717) is 22.8 Å². The third-order valence-corrected chi connectivity index (χ3v) is 8.70. The zero-order valence-electron chi connectivity index (χ0n) is 23.0. The van der Waals surface area contributed by atoms with E-state index >= 15 is 0 Å². The van der Waals surface area contributed by atoms with Crippen molar-refractivity contribution in [3.05, 3.63) is 94.5 Å². The number of benzene rings is 3. The summed E-state index contributed by atoms with van der Waals surface area (Å²) in [5.74, 6) is -0.627. The average Bonchev–Trinajstić information content (AvgIpc) is 2.91. The molecule has 0 radical (unpaired) electrons. The minimum Gasteiger partial charge on any atom is -0.354 e. The van der Waals surface area contributed by atoms with Gasteiger partial charge in [-0.15, -0.1) is 0 Å². The Balaban J connectivity index is 2.03. The molecule has 0 aliphatic heterocycles. The van der Waals surface area contributed by atoms with Crippen LogP contribution in [0.1, 0.15) is 37.5 Å². The lowest BCUT2D eigenvalue weighted by molar-refractivity contribution is -0.139. The molecule has 0 unspecified atom stereocenters. The van der Waals surface area contributed by atoms with Crippen LogP contribution in [-0.4, -0.2) is 44.3 Å². The van der Waals surface area contributed by atoms with Gasteiger partial charge in [0, 0.05) is 18.1 Å². The Morgan fingerprint density at radius 2 is 1.54 bits per heavy atom. The summed E-state index contributed by atoms with van der Waals surface area (Å²) in [6.45, 7) is 9.42. The van der Waals surface area contributed by atoms with Crippen molar-refractivity contribution in [1.82, 2.24) is 10.2 Å². The number of amides is 2. The van der Waals surface area contributed by atoms with Gasteiger partial charge < -0.3 is 10.2 Å². The second kappa shape index (κ2) is 13.1. The molecule has 0 spiro atoms. The van der Waals surface area contributed by atoms with Crippen LogP contribution in [0.25, 0.3) is 0 Å². The Labute approximate surface area is 236 Å². The van der Waals surface area contributed by atoms with E-state index in [2.05, 4.69) is 5.32 Å². The number of hydrogen-bond acceptors (Lipinski definition) is 4. The third-order valence-electron chi connectivity index (χ3n) is 6.54. The molecule has 208 valence electrons. The molecule has 2 amide bonds. The maximum Gasteiger partial charge on any atom is 0.264 e. The van der Waals surface area contributed by atoms with Crippen molar-refractivity contribution >= 4 is 39.1 Å². The summed E-state index contributed by atoms with van der Waals surface area (Å²) in [5, 5.41) is 3.33. The van der Waals surface area contributed by atoms with E-state index in [1.165, 1.54) is 17.0 Å². The van der Waals surface area contributed by atoms with Crippen molar-refractivity contribution in [2.75, 3.05) is 17.4 Å². The van der Waals surface area contributed by atoms with E-state index < -0.39 is 28.5 Å². The number of nitrogens with zero attached hydrogens (tertiary/aromatic N) is 2. The van der Waals surface area contributed by atoms with Crippen molar-refractivity contribution in [2.24, 2.45) is 5.92 Å². The summed E-state index contributed by atoms with van der Waals surface area (Å²) < 4.78 is 28.8. The lowest BCUT2D eigenvalue weighted by atomic mass is 10.1. The molecule has 0 aromatic heterocycles. The summed E-state index contributed by atoms with van der Waals surface area (Å²) in [4.78, 5) is 28.5. The predicted octanol–water partition coefficient (Wildman–Crippen LogP) is 5.34. The van der Waals surface area contributed by atoms with E-state index in [4.69, 9.17) is 11.6 Å². The average molecular weight is 570 g/mol. The van der Waals surface area contributed by atoms with Crippen molar-refractivity contribution in [2.45, 2.75) is 52.1 Å². The Kier molecular flexibility index (Phi) is 10.2. The molecule has 0 bridgehead atoms. The molecule has 3 aromatic rings. The zero-order chi connectivity index (χ0) is 28.7. The minimum atomic E-state index is -4.10. The van der Waals surface area contributed by atoms with E-state index in [0.717, 1.165) is 15.4 Å². The molecule has 0 aliphatic rings. The van der Waals surface area contributed by atoms with Crippen LogP contribution in [0, 0.1) is 19.8 Å². The van der Waals surface area contributed by atoms with Gasteiger partial charge in [0.05, 0.1) is 10.6 Å². The normalized spacial score (nSPS) is 12.2. The van der Waals surface area contributed by atoms with Gasteiger partial charge in [-0.05, 0) is 73.7 Å². The molecule has 0 aliphatic carbocycles. The molecule has 1 N–H and O–H groups in total. The highest BCUT2D eigenvalue weighted by Gasteiger charge is 2.32. The Bertz CT molecular complexity index is 1410. The smallest absolute Gasteiger partial charge is 0.264 e. The molecule has 0 saturated heterocycles. The molecule has 3 rings (SSSR count). The number of aryl methyl sites for hydroxylation is 2. The van der Waals surface area contributed by atoms with Crippen LogP contribution in [-0.2, 0) is 26.2 Å². The number of carbonyl (C=O) groups is 2. The molecule has 0 saturated carbocycles. The SMILES string of the molecule is Cc1ccc(N(CC(=O)N(Cc2ccccc2Cl)[C@@H](C)C(=O)NCC(C)C)S(=O)(=O)c2ccccc2)cc1C. The van der Waals surface area contributed by atoms with Crippen LogP contribution in [0.4, 0.5) is 5.69 Å². The van der Waals surface area contributed by atoms with Gasteiger partial charge in [-0.3, -0.25) is 13.9 Å². The van der Waals surface area contributed by atoms with Crippen molar-refractivity contribution in [3.8, 4) is 0 Å². The van der Waals surface area contributed by atoms with E-state index in [1.54, 1.807) is 61.5 Å². The fourth-order valence-electron chi connectivity index (χ4n) is 3.97. The molecule has 0 heterocycles. The highest BCUT2D eigenvalue weighted by atomic mass is 35.5. The monoisotopic (exact) mass is 569 g/mol. The van der Waals surface area contributed by atoms with Gasteiger partial charge in [-0.2, -0.15) is 0 Å². The fraction of sp³-hybridized carbons (Fsp3) is 0.333. The van der Waals surface area contributed by atoms with Crippen LogP contribution in [0.3, 0.4) is 0 Å². The minimum absolute atomic E-state index is 0.0426. The molecule has 3 aromatic carbocycles. The lowest BCUT2D eigenvalue weighted by Gasteiger charge is -2.32. The zero-order valence-corrected chi connectivity index (χ0v) is 24.6. The lowest BCUT2D eigenvalue weighted by Crippen LogP contribution is -2.51. The maximum atomic E-state index is 14.0. The van der Waals surface area contributed by atoms with Gasteiger partial charge in [-0.1, -0.05) is 67.9 Å². The maximum absolute atomic E-state index is 14.0. The second-order valence-corrected chi connectivity index (χ2v) is 12.3. The summed E-state index contributed by atoms with van der Waals surface area (Å²) >= 11 is 6.40. The fourth-order valence-corrected chi connectivity index (χ4v) is 5.60. The first-order chi connectivity index (χ1) is 18.4. The Morgan fingerprint density at radius 3 is 2.15 bits per heavy atom. The van der Waals surface area contributed by atoms with Crippen molar-refractivity contribution < 1.29 is 18.0 Å². The molecule has 1 atom stereocenters. The topological polar surface area (TPSA) is 86.8 Å². The number of carbonyl (C=O) groups excluding carboxylic acids is 2. The van der Waals surface area contributed by atoms with Crippen molar-refractivity contribution in [3.63, 3.8) is 0 Å². The summed E-state index contributed by atoms with van der Waals surface area (Å²) in [5.41, 5.74) is 2.91. The van der Waals surface area contributed by atoms with Gasteiger partial charge in [0.25, 0.3) is 10.0 Å². The number of halogens is 1. The second-order valence-electron chi connectivity index (χ2n) is 10.0. The first-order valence-electron chi connectivity index (χ1n) is 12.9. The number of sulfonamides is 1. The van der Waals surface area contributed by atoms with Gasteiger partial charge in [0.1, 0.15) is 12.6 Å². The van der Waals surface area contributed by atoms with Gasteiger partial charge >= 0.3 is 0 Å². The van der Waals surface area contributed by atoms with Crippen LogP contribution in [0.5, 0.6) is 0 Å². The molecular weight excluding hydrogens is 534 g/mol. The standard InChI is InChI=1S/C30H36ClN3O4S/c1-21(2)18-32-30(36)24(5)33(19-25-11-9-10-14-28(25)31)29(35)20-34(26-16-15-22(3)23(4)17-26)39(37,38)27-12-7-6-8-13-27/h6-17,21,24H,18-20H2,1-5H3,(H,32,36)/t24-/m0/s1. The first-order valence-corrected chi connectivity index (χ1v) is 14.7. The molecule has 0 fully saturated rings. The number of nitrogens with one attached hydrogen (secondary N) is 1. The Morgan fingerprint density at radius 1 is 0.897 bits per heavy atom. The van der Waals surface area contributed by atoms with E-state index in [9.17, 15) is 18.0 Å². The van der Waals surface area contributed by atoms with E-state index in [-0.39, 0.29) is 23.3 Å². The molecule has 39 heavy (non-hydrogen) atoms. The van der Waals surface area contributed by atoms with Gasteiger partial charge in [0.2, 0.25) is 11.8 Å². The highest BCUT2D eigenvalue weighted by molar-refractivity contribution is 7.92. The van der Waals surface area contributed by atoms with Gasteiger partial charge in [0.15, 0.2) is 0 Å². The molecular formula is C30H36ClN3O4S. The van der Waals surface area contributed by atoms with Crippen LogP contribution < -0.4 is 9.62 Å². The molecule has 7 nitrogen and oxygen atoms in total. The summed E-state index contributed by atoms with van der Waals surface area (Å²) in [6.07, 6.45) is 0. The predicted molar refractivity (Wildman–Crippen MR) is 156 cm³/mol. The number of rotatable bonds is 11. The largest absolute Gasteiger partial charge is 0.354 e. The Hall–Kier alpha value is -3.36. The van der Waals surface area contributed by atoms with Crippen molar-refractivity contribution in [1.29, 1.82) is 0 Å². The summed E-state index contributed by atoms with van der Waals surface area (Å²) in [7, 11) is -4.10. The van der Waals surface area contributed by atoms with Crippen LogP contribution >= 0.6 is 11.6 Å². The van der Waals surface area contributed by atoms with E-state index in [1.807, 2.05) is 33.8 Å². The van der Waals surface area contributed by atoms with Crippen LogP contribution in [0.2, 0.25) is 5.02 Å². The quantitative estimate of drug-likeness (QED) is 0.338. The first kappa shape index (κ1) is 30.2.